The minimum atomic E-state index is -0.712. The van der Waals surface area contributed by atoms with Crippen LogP contribution in [0.3, 0.4) is 0 Å². The summed E-state index contributed by atoms with van der Waals surface area (Å²) in [5.41, 5.74) is 1.94. The Balaban J connectivity index is 1.94. The van der Waals surface area contributed by atoms with Crippen molar-refractivity contribution in [2.45, 2.75) is 45.4 Å². The van der Waals surface area contributed by atoms with Crippen LogP contribution in [0.2, 0.25) is 0 Å². The number of hydrogen-bond donors (Lipinski definition) is 1. The zero-order valence-electron chi connectivity index (χ0n) is 11.7. The number of aliphatic carboxylic acids is 1. The van der Waals surface area contributed by atoms with Crippen molar-refractivity contribution < 1.29 is 14.3 Å². The van der Waals surface area contributed by atoms with Gasteiger partial charge < -0.3 is 9.52 Å². The number of carboxylic acid groups (broad SMARTS) is 1. The Hall–Kier alpha value is -1.84. The number of fused-ring (bicyclic) bond motifs is 1. The molecule has 0 bridgehead atoms. The highest BCUT2D eigenvalue weighted by Crippen LogP contribution is 2.39. The van der Waals surface area contributed by atoms with Crippen LogP contribution in [0.15, 0.2) is 22.6 Å². The Labute approximate surface area is 117 Å². The molecule has 1 N–H and O–H groups in total. The summed E-state index contributed by atoms with van der Waals surface area (Å²) in [5.74, 6) is -0.158. The van der Waals surface area contributed by atoms with Crippen molar-refractivity contribution in [3.05, 3.63) is 29.7 Å². The lowest BCUT2D eigenvalue weighted by atomic mass is 9.72. The van der Waals surface area contributed by atoms with Crippen LogP contribution in [0.4, 0.5) is 0 Å². The van der Waals surface area contributed by atoms with Gasteiger partial charge in [-0.05, 0) is 31.4 Å². The zero-order valence-corrected chi connectivity index (χ0v) is 11.7. The molecule has 0 saturated heterocycles. The smallest absolute Gasteiger partial charge is 0.310 e. The molecule has 0 aliphatic heterocycles. The lowest BCUT2D eigenvalue weighted by Gasteiger charge is -2.31. The summed E-state index contributed by atoms with van der Waals surface area (Å²) >= 11 is 0. The van der Waals surface area contributed by atoms with Crippen molar-refractivity contribution in [3.8, 4) is 0 Å². The van der Waals surface area contributed by atoms with Gasteiger partial charge in [0.1, 0.15) is 5.52 Å². The normalized spacial score (nSPS) is 18.2. The number of hydrogen-bond acceptors (Lipinski definition) is 3. The Bertz CT molecular complexity index is 638. The predicted octanol–water partition coefficient (Wildman–Crippen LogP) is 3.71. The van der Waals surface area contributed by atoms with Gasteiger partial charge in [0.2, 0.25) is 0 Å². The second kappa shape index (κ2) is 4.93. The van der Waals surface area contributed by atoms with Crippen molar-refractivity contribution >= 4 is 17.1 Å². The van der Waals surface area contributed by atoms with Crippen molar-refractivity contribution in [3.63, 3.8) is 0 Å². The molecular weight excluding hydrogens is 254 g/mol. The summed E-state index contributed by atoms with van der Waals surface area (Å²) < 4.78 is 5.80. The fraction of sp³-hybridized carbons (Fsp3) is 0.500. The standard InChI is InChI=1S/C16H19NO3/c1-11-6-5-7-12-14(11)20-13(17-12)10-16(15(18)19)8-3-2-4-9-16/h5-7H,2-4,8-10H2,1H3,(H,18,19). The van der Waals surface area contributed by atoms with E-state index in [1.807, 2.05) is 25.1 Å². The van der Waals surface area contributed by atoms with Crippen LogP contribution < -0.4 is 0 Å². The Kier molecular flexibility index (Phi) is 3.24. The van der Waals surface area contributed by atoms with Crippen LogP contribution in [-0.4, -0.2) is 16.1 Å². The molecule has 0 unspecified atom stereocenters. The van der Waals surface area contributed by atoms with Gasteiger partial charge >= 0.3 is 5.97 Å². The maximum atomic E-state index is 11.7. The first-order valence-corrected chi connectivity index (χ1v) is 7.19. The minimum Gasteiger partial charge on any atom is -0.481 e. The van der Waals surface area contributed by atoms with E-state index in [1.54, 1.807) is 0 Å². The number of aryl methyl sites for hydroxylation is 1. The highest BCUT2D eigenvalue weighted by Gasteiger charge is 2.41. The van der Waals surface area contributed by atoms with Crippen molar-refractivity contribution in [2.75, 3.05) is 0 Å². The molecule has 1 aromatic heterocycles. The van der Waals surface area contributed by atoms with E-state index < -0.39 is 11.4 Å². The monoisotopic (exact) mass is 273 g/mol. The van der Waals surface area contributed by atoms with Gasteiger partial charge in [-0.1, -0.05) is 31.4 Å². The molecule has 1 heterocycles. The third kappa shape index (κ3) is 2.19. The summed E-state index contributed by atoms with van der Waals surface area (Å²) in [4.78, 5) is 16.2. The van der Waals surface area contributed by atoms with E-state index in [4.69, 9.17) is 4.42 Å². The number of benzene rings is 1. The Morgan fingerprint density at radius 2 is 2.10 bits per heavy atom. The van der Waals surface area contributed by atoms with E-state index in [-0.39, 0.29) is 0 Å². The van der Waals surface area contributed by atoms with Gasteiger partial charge in [-0.15, -0.1) is 0 Å². The highest BCUT2D eigenvalue weighted by atomic mass is 16.4. The number of aromatic nitrogens is 1. The van der Waals surface area contributed by atoms with Gasteiger partial charge in [-0.2, -0.15) is 0 Å². The highest BCUT2D eigenvalue weighted by molar-refractivity contribution is 5.77. The predicted molar refractivity (Wildman–Crippen MR) is 75.6 cm³/mol. The number of carboxylic acids is 1. The summed E-state index contributed by atoms with van der Waals surface area (Å²) in [7, 11) is 0. The maximum Gasteiger partial charge on any atom is 0.310 e. The van der Waals surface area contributed by atoms with Gasteiger partial charge in [0, 0.05) is 6.42 Å². The van der Waals surface area contributed by atoms with E-state index >= 15 is 0 Å². The van der Waals surface area contributed by atoms with Gasteiger partial charge in [0.05, 0.1) is 5.41 Å². The van der Waals surface area contributed by atoms with Crippen LogP contribution in [0.1, 0.15) is 43.6 Å². The van der Waals surface area contributed by atoms with Crippen LogP contribution in [0, 0.1) is 12.3 Å². The molecule has 20 heavy (non-hydrogen) atoms. The summed E-state index contributed by atoms with van der Waals surface area (Å²) in [6.45, 7) is 1.98. The van der Waals surface area contributed by atoms with Crippen LogP contribution in [0.5, 0.6) is 0 Å². The number of para-hydroxylation sites is 1. The SMILES string of the molecule is Cc1cccc2nc(CC3(C(=O)O)CCCCC3)oc12. The first-order valence-electron chi connectivity index (χ1n) is 7.19. The van der Waals surface area contributed by atoms with Crippen LogP contribution >= 0.6 is 0 Å². The molecule has 4 heteroatoms. The van der Waals surface area contributed by atoms with E-state index in [0.29, 0.717) is 12.3 Å². The minimum absolute atomic E-state index is 0.399. The third-order valence-electron chi connectivity index (χ3n) is 4.41. The zero-order chi connectivity index (χ0) is 14.2. The molecule has 106 valence electrons. The molecule has 1 fully saturated rings. The molecule has 0 spiro atoms. The summed E-state index contributed by atoms with van der Waals surface area (Å²) in [6, 6.07) is 5.83. The van der Waals surface area contributed by atoms with Gasteiger partial charge in [-0.3, -0.25) is 4.79 Å². The molecule has 1 aliphatic carbocycles. The second-order valence-corrected chi connectivity index (χ2v) is 5.85. The van der Waals surface area contributed by atoms with E-state index in [9.17, 15) is 9.90 Å². The average Bonchev–Trinajstić information content (AvgIpc) is 2.83. The van der Waals surface area contributed by atoms with Crippen molar-refractivity contribution in [2.24, 2.45) is 5.41 Å². The first kappa shape index (κ1) is 13.2. The number of oxazole rings is 1. The van der Waals surface area contributed by atoms with Crippen molar-refractivity contribution in [1.82, 2.24) is 4.98 Å². The largest absolute Gasteiger partial charge is 0.481 e. The second-order valence-electron chi connectivity index (χ2n) is 5.85. The van der Waals surface area contributed by atoms with Gasteiger partial charge in [-0.25, -0.2) is 4.98 Å². The quantitative estimate of drug-likeness (QED) is 0.925. The number of carbonyl (C=O) groups is 1. The molecule has 1 aliphatic rings. The number of rotatable bonds is 3. The third-order valence-corrected chi connectivity index (χ3v) is 4.41. The van der Waals surface area contributed by atoms with Crippen molar-refractivity contribution in [1.29, 1.82) is 0 Å². The van der Waals surface area contributed by atoms with Crippen LogP contribution in [0.25, 0.3) is 11.1 Å². The van der Waals surface area contributed by atoms with Gasteiger partial charge in [0.15, 0.2) is 11.5 Å². The molecule has 1 saturated carbocycles. The fourth-order valence-electron chi connectivity index (χ4n) is 3.19. The Morgan fingerprint density at radius 1 is 1.35 bits per heavy atom. The molecule has 0 atom stereocenters. The molecule has 0 amide bonds. The van der Waals surface area contributed by atoms with E-state index in [2.05, 4.69) is 4.98 Å². The van der Waals surface area contributed by atoms with Gasteiger partial charge in [0.25, 0.3) is 0 Å². The lowest BCUT2D eigenvalue weighted by Crippen LogP contribution is -2.35. The topological polar surface area (TPSA) is 63.3 Å². The molecule has 1 aromatic carbocycles. The maximum absolute atomic E-state index is 11.7. The fourth-order valence-corrected chi connectivity index (χ4v) is 3.19. The summed E-state index contributed by atoms with van der Waals surface area (Å²) in [6.07, 6.45) is 4.93. The molecule has 4 nitrogen and oxygen atoms in total. The lowest BCUT2D eigenvalue weighted by molar-refractivity contribution is -0.151. The molecular formula is C16H19NO3. The first-order chi connectivity index (χ1) is 9.61. The van der Waals surface area contributed by atoms with E-state index in [1.165, 1.54) is 0 Å². The number of nitrogens with zero attached hydrogens (tertiary/aromatic N) is 1. The van der Waals surface area contributed by atoms with Crippen LogP contribution in [-0.2, 0) is 11.2 Å². The molecule has 0 radical (unpaired) electrons. The Morgan fingerprint density at radius 3 is 2.75 bits per heavy atom. The molecule has 3 rings (SSSR count). The molecule has 2 aromatic rings. The summed E-state index contributed by atoms with van der Waals surface area (Å²) in [5, 5.41) is 9.61. The average molecular weight is 273 g/mol. The van der Waals surface area contributed by atoms with E-state index in [0.717, 1.165) is 48.8 Å².